The van der Waals surface area contributed by atoms with E-state index in [-0.39, 0.29) is 0 Å². The molecule has 0 bridgehead atoms. The molecule has 1 saturated heterocycles. The molecule has 3 nitrogen and oxygen atoms in total. The average molecular weight is 296 g/mol. The van der Waals surface area contributed by atoms with Crippen molar-refractivity contribution in [3.8, 4) is 0 Å². The standard InChI is InChI=1S/C18H36N2O/c1-14(2)19-12-18(8-6-15(3)7-9-18)13-20-10-16(4)21-17(5)11-20/h14-17,19H,6-13H2,1-5H3. The maximum atomic E-state index is 5.90. The number of morpholine rings is 1. The fourth-order valence-corrected chi connectivity index (χ4v) is 4.07. The average Bonchev–Trinajstić information content (AvgIpc) is 2.39. The van der Waals surface area contributed by atoms with Crippen molar-refractivity contribution in [2.75, 3.05) is 26.2 Å². The lowest BCUT2D eigenvalue weighted by molar-refractivity contribution is -0.0813. The van der Waals surface area contributed by atoms with Gasteiger partial charge in [0.05, 0.1) is 12.2 Å². The SMILES string of the molecule is CC1CCC(CNC(C)C)(CN2CC(C)OC(C)C2)CC1. The van der Waals surface area contributed by atoms with E-state index in [1.54, 1.807) is 0 Å². The van der Waals surface area contributed by atoms with Gasteiger partial charge in [-0.25, -0.2) is 0 Å². The zero-order chi connectivity index (χ0) is 15.5. The predicted molar refractivity (Wildman–Crippen MR) is 89.7 cm³/mol. The maximum Gasteiger partial charge on any atom is 0.0678 e. The van der Waals surface area contributed by atoms with Crippen LogP contribution < -0.4 is 5.32 Å². The summed E-state index contributed by atoms with van der Waals surface area (Å²) in [6, 6.07) is 0.587. The Morgan fingerprint density at radius 1 is 1.10 bits per heavy atom. The molecule has 0 amide bonds. The number of nitrogens with one attached hydrogen (secondary N) is 1. The predicted octanol–water partition coefficient (Wildman–Crippen LogP) is 3.29. The molecule has 1 N–H and O–H groups in total. The third-order valence-electron chi connectivity index (χ3n) is 5.27. The van der Waals surface area contributed by atoms with Crippen LogP contribution in [0.1, 0.15) is 60.3 Å². The number of ether oxygens (including phenoxy) is 1. The van der Waals surface area contributed by atoms with Gasteiger partial charge in [0.1, 0.15) is 0 Å². The number of nitrogens with zero attached hydrogens (tertiary/aromatic N) is 1. The van der Waals surface area contributed by atoms with Gasteiger partial charge in [-0.05, 0) is 38.0 Å². The largest absolute Gasteiger partial charge is 0.373 e. The first-order chi connectivity index (χ1) is 9.88. The fraction of sp³-hybridized carbons (Fsp3) is 1.00. The summed E-state index contributed by atoms with van der Waals surface area (Å²) in [5.74, 6) is 0.916. The van der Waals surface area contributed by atoms with E-state index < -0.39 is 0 Å². The molecule has 1 saturated carbocycles. The van der Waals surface area contributed by atoms with Crippen LogP contribution in [0.5, 0.6) is 0 Å². The molecule has 2 rings (SSSR count). The van der Waals surface area contributed by atoms with E-state index in [9.17, 15) is 0 Å². The van der Waals surface area contributed by atoms with E-state index in [0.29, 0.717) is 23.7 Å². The third kappa shape index (κ3) is 5.22. The summed E-state index contributed by atoms with van der Waals surface area (Å²) in [6.07, 6.45) is 6.32. The molecule has 2 fully saturated rings. The summed E-state index contributed by atoms with van der Waals surface area (Å²) in [5, 5.41) is 3.72. The van der Waals surface area contributed by atoms with Crippen LogP contribution >= 0.6 is 0 Å². The Morgan fingerprint density at radius 3 is 2.19 bits per heavy atom. The van der Waals surface area contributed by atoms with Gasteiger partial charge in [0.15, 0.2) is 0 Å². The lowest BCUT2D eigenvalue weighted by Gasteiger charge is -2.46. The Bertz CT molecular complexity index is 300. The van der Waals surface area contributed by atoms with Crippen LogP contribution in [0, 0.1) is 11.3 Å². The topological polar surface area (TPSA) is 24.5 Å². The molecule has 0 aromatic carbocycles. The van der Waals surface area contributed by atoms with Crippen LogP contribution in [-0.2, 0) is 4.74 Å². The van der Waals surface area contributed by atoms with Gasteiger partial charge >= 0.3 is 0 Å². The molecule has 0 radical (unpaired) electrons. The molecule has 3 heteroatoms. The molecule has 1 aliphatic heterocycles. The van der Waals surface area contributed by atoms with Gasteiger partial charge in [-0.15, -0.1) is 0 Å². The van der Waals surface area contributed by atoms with Crippen molar-refractivity contribution in [3.63, 3.8) is 0 Å². The normalized spacial score (nSPS) is 38.9. The van der Waals surface area contributed by atoms with Gasteiger partial charge < -0.3 is 10.1 Å². The van der Waals surface area contributed by atoms with Crippen LogP contribution in [0.25, 0.3) is 0 Å². The van der Waals surface area contributed by atoms with Crippen LogP contribution in [0.4, 0.5) is 0 Å². The van der Waals surface area contributed by atoms with Gasteiger partial charge in [0, 0.05) is 32.2 Å². The van der Waals surface area contributed by atoms with Crippen molar-refractivity contribution in [2.45, 2.75) is 78.6 Å². The van der Waals surface area contributed by atoms with Gasteiger partial charge in [0.2, 0.25) is 0 Å². The van der Waals surface area contributed by atoms with Crippen molar-refractivity contribution in [3.05, 3.63) is 0 Å². The molecule has 1 heterocycles. The van der Waals surface area contributed by atoms with Crippen molar-refractivity contribution in [2.24, 2.45) is 11.3 Å². The van der Waals surface area contributed by atoms with E-state index in [2.05, 4.69) is 44.8 Å². The molecule has 0 aromatic rings. The number of hydrogen-bond donors (Lipinski definition) is 1. The summed E-state index contributed by atoms with van der Waals surface area (Å²) in [6.45, 7) is 16.0. The molecule has 2 aliphatic rings. The lowest BCUT2D eigenvalue weighted by Crippen LogP contribution is -2.53. The zero-order valence-corrected chi connectivity index (χ0v) is 14.8. The Hall–Kier alpha value is -0.120. The van der Waals surface area contributed by atoms with Crippen molar-refractivity contribution >= 4 is 0 Å². The minimum atomic E-state index is 0.381. The second kappa shape index (κ2) is 7.43. The highest BCUT2D eigenvalue weighted by atomic mass is 16.5. The number of rotatable bonds is 5. The third-order valence-corrected chi connectivity index (χ3v) is 5.27. The molecule has 1 aliphatic carbocycles. The van der Waals surface area contributed by atoms with Crippen LogP contribution in [-0.4, -0.2) is 49.3 Å². The summed E-state index contributed by atoms with van der Waals surface area (Å²) < 4.78 is 5.90. The van der Waals surface area contributed by atoms with Gasteiger partial charge in [-0.1, -0.05) is 33.6 Å². The van der Waals surface area contributed by atoms with E-state index in [1.165, 1.54) is 38.8 Å². The molecule has 2 atom stereocenters. The van der Waals surface area contributed by atoms with Gasteiger partial charge in [-0.2, -0.15) is 0 Å². The summed E-state index contributed by atoms with van der Waals surface area (Å²) in [4.78, 5) is 2.66. The molecule has 21 heavy (non-hydrogen) atoms. The molecule has 2 unspecified atom stereocenters. The highest BCUT2D eigenvalue weighted by Crippen LogP contribution is 2.39. The first-order valence-electron chi connectivity index (χ1n) is 9.00. The molecular formula is C18H36N2O. The summed E-state index contributed by atoms with van der Waals surface area (Å²) in [7, 11) is 0. The minimum Gasteiger partial charge on any atom is -0.373 e. The van der Waals surface area contributed by atoms with E-state index in [0.717, 1.165) is 19.0 Å². The lowest BCUT2D eigenvalue weighted by atomic mass is 9.70. The Morgan fingerprint density at radius 2 is 1.67 bits per heavy atom. The minimum absolute atomic E-state index is 0.381. The molecule has 0 spiro atoms. The van der Waals surface area contributed by atoms with Crippen LogP contribution in [0.2, 0.25) is 0 Å². The summed E-state index contributed by atoms with van der Waals surface area (Å²) in [5.41, 5.74) is 0.480. The second-order valence-corrected chi connectivity index (χ2v) is 8.17. The number of hydrogen-bond acceptors (Lipinski definition) is 3. The van der Waals surface area contributed by atoms with E-state index >= 15 is 0 Å². The zero-order valence-electron chi connectivity index (χ0n) is 14.8. The fourth-order valence-electron chi connectivity index (χ4n) is 4.07. The summed E-state index contributed by atoms with van der Waals surface area (Å²) >= 11 is 0. The second-order valence-electron chi connectivity index (χ2n) is 8.17. The van der Waals surface area contributed by atoms with E-state index in [1.807, 2.05) is 0 Å². The molecule has 0 aromatic heterocycles. The monoisotopic (exact) mass is 296 g/mol. The Kier molecular flexibility index (Phi) is 6.10. The first kappa shape index (κ1) is 17.2. The smallest absolute Gasteiger partial charge is 0.0678 e. The quantitative estimate of drug-likeness (QED) is 0.842. The van der Waals surface area contributed by atoms with E-state index in [4.69, 9.17) is 4.74 Å². The van der Waals surface area contributed by atoms with Gasteiger partial charge in [-0.3, -0.25) is 4.90 Å². The van der Waals surface area contributed by atoms with Crippen molar-refractivity contribution in [1.29, 1.82) is 0 Å². The first-order valence-corrected chi connectivity index (χ1v) is 9.00. The maximum absolute atomic E-state index is 5.90. The van der Waals surface area contributed by atoms with Crippen LogP contribution in [0.15, 0.2) is 0 Å². The van der Waals surface area contributed by atoms with Crippen molar-refractivity contribution < 1.29 is 4.74 Å². The van der Waals surface area contributed by atoms with Crippen molar-refractivity contribution in [1.82, 2.24) is 10.2 Å². The molecule has 124 valence electrons. The van der Waals surface area contributed by atoms with Crippen LogP contribution in [0.3, 0.4) is 0 Å². The highest BCUT2D eigenvalue weighted by molar-refractivity contribution is 4.91. The Labute approximate surface area is 131 Å². The highest BCUT2D eigenvalue weighted by Gasteiger charge is 2.37. The Balaban J connectivity index is 1.97. The van der Waals surface area contributed by atoms with Gasteiger partial charge in [0.25, 0.3) is 0 Å². The molecular weight excluding hydrogens is 260 g/mol.